The van der Waals surface area contributed by atoms with Gasteiger partial charge in [-0.2, -0.15) is 4.98 Å². The maximum absolute atomic E-state index is 12.8. The zero-order chi connectivity index (χ0) is 27.6. The highest BCUT2D eigenvalue weighted by atomic mass is 16.2. The zero-order valence-corrected chi connectivity index (χ0v) is 22.7. The smallest absolute Gasteiger partial charge is 0.338 e. The summed E-state index contributed by atoms with van der Waals surface area (Å²) >= 11 is 0. The van der Waals surface area contributed by atoms with Crippen molar-refractivity contribution in [3.63, 3.8) is 0 Å². The Bertz CT molecular complexity index is 1230. The first-order valence-electron chi connectivity index (χ1n) is 14.1. The number of benzene rings is 1. The van der Waals surface area contributed by atoms with Crippen molar-refractivity contribution in [1.29, 1.82) is 0 Å². The Morgan fingerprint density at radius 2 is 1.67 bits per heavy atom. The molecule has 1 aromatic carbocycles. The lowest BCUT2D eigenvalue weighted by Crippen LogP contribution is -2.55. The van der Waals surface area contributed by atoms with Gasteiger partial charge >= 0.3 is 11.7 Å². The standard InChI is InChI=1S/C28H40N8O3/c1-2-33(22-9-5-21(29)6-10-22)19-20-3-7-23(8-4-20)36-14-11-24(32-27(36)39)31-26(38)35-17-15-34(16-18-35)25(37)28(30)12-13-28/h3-4,7-8,11,14,21-22H,2,5-6,9-10,12-13,15-19,29-30H2,1H3,(H,31,32,38,39)/t21-,22-. The summed E-state index contributed by atoms with van der Waals surface area (Å²) in [5.41, 5.74) is 12.8. The fourth-order valence-corrected chi connectivity index (χ4v) is 5.60. The Kier molecular flexibility index (Phi) is 8.01. The molecule has 3 amide bonds. The number of carbonyl (C=O) groups is 2. The molecule has 1 aromatic heterocycles. The largest absolute Gasteiger partial charge is 0.354 e. The summed E-state index contributed by atoms with van der Waals surface area (Å²) in [4.78, 5) is 47.8. The second-order valence-corrected chi connectivity index (χ2v) is 11.1. The van der Waals surface area contributed by atoms with Crippen LogP contribution in [0, 0.1) is 0 Å². The molecule has 0 radical (unpaired) electrons. The Hall–Kier alpha value is -3.28. The molecular weight excluding hydrogens is 496 g/mol. The van der Waals surface area contributed by atoms with Crippen LogP contribution >= 0.6 is 0 Å². The minimum absolute atomic E-state index is 0.0296. The second-order valence-electron chi connectivity index (χ2n) is 11.1. The molecule has 1 aliphatic heterocycles. The van der Waals surface area contributed by atoms with Crippen LogP contribution in [0.1, 0.15) is 51.0 Å². The van der Waals surface area contributed by atoms with Gasteiger partial charge in [0.1, 0.15) is 5.82 Å². The number of hydrogen-bond acceptors (Lipinski definition) is 7. The number of anilines is 1. The number of nitrogens with one attached hydrogen (secondary N) is 1. The molecule has 2 aromatic rings. The molecule has 0 atom stereocenters. The third kappa shape index (κ3) is 6.32. The number of aromatic nitrogens is 2. The SMILES string of the molecule is CCN(Cc1ccc(-n2ccc(NC(=O)N3CCN(C(=O)C4(N)CC4)CC3)nc2=O)cc1)[C@H]1CC[C@H](N)CC1. The van der Waals surface area contributed by atoms with Gasteiger partial charge in [-0.15, -0.1) is 0 Å². The topological polar surface area (TPSA) is 143 Å². The highest BCUT2D eigenvalue weighted by molar-refractivity contribution is 5.90. The van der Waals surface area contributed by atoms with E-state index in [1.807, 2.05) is 12.1 Å². The molecule has 5 N–H and O–H groups in total. The van der Waals surface area contributed by atoms with E-state index in [-0.39, 0.29) is 17.8 Å². The first-order valence-corrected chi connectivity index (χ1v) is 14.1. The quantitative estimate of drug-likeness (QED) is 0.487. The summed E-state index contributed by atoms with van der Waals surface area (Å²) < 4.78 is 1.46. The number of amides is 3. The van der Waals surface area contributed by atoms with Crippen LogP contribution in [0.2, 0.25) is 0 Å². The van der Waals surface area contributed by atoms with Crippen LogP contribution in [0.25, 0.3) is 5.69 Å². The molecule has 2 saturated carbocycles. The molecule has 0 unspecified atom stereocenters. The number of nitrogens with two attached hydrogens (primary N) is 2. The molecule has 2 heterocycles. The molecular formula is C28H40N8O3. The minimum Gasteiger partial charge on any atom is -0.338 e. The normalized spacial score (nSPS) is 22.6. The maximum atomic E-state index is 12.8. The van der Waals surface area contributed by atoms with Gasteiger partial charge in [-0.1, -0.05) is 19.1 Å². The van der Waals surface area contributed by atoms with Gasteiger partial charge in [-0.3, -0.25) is 19.6 Å². The predicted octanol–water partition coefficient (Wildman–Crippen LogP) is 1.49. The first kappa shape index (κ1) is 27.3. The summed E-state index contributed by atoms with van der Waals surface area (Å²) in [5.74, 6) is 0.166. The second kappa shape index (κ2) is 11.4. The van der Waals surface area contributed by atoms with Crippen LogP contribution in [-0.2, 0) is 11.3 Å². The molecule has 5 rings (SSSR count). The van der Waals surface area contributed by atoms with E-state index in [2.05, 4.69) is 34.3 Å². The number of nitrogens with zero attached hydrogens (tertiary/aromatic N) is 5. The van der Waals surface area contributed by atoms with Crippen molar-refractivity contribution >= 4 is 17.8 Å². The van der Waals surface area contributed by atoms with Crippen LogP contribution in [-0.4, -0.2) is 86.5 Å². The Labute approximate surface area is 229 Å². The van der Waals surface area contributed by atoms with Gasteiger partial charge < -0.3 is 21.3 Å². The van der Waals surface area contributed by atoms with E-state index in [1.54, 1.807) is 22.1 Å². The van der Waals surface area contributed by atoms with Crippen molar-refractivity contribution < 1.29 is 9.59 Å². The summed E-state index contributed by atoms with van der Waals surface area (Å²) in [6.07, 6.45) is 7.52. The molecule has 2 aliphatic carbocycles. The van der Waals surface area contributed by atoms with E-state index in [0.29, 0.717) is 38.3 Å². The number of piperazine rings is 1. The maximum Gasteiger partial charge on any atom is 0.354 e. The molecule has 1 saturated heterocycles. The zero-order valence-electron chi connectivity index (χ0n) is 22.7. The molecule has 0 bridgehead atoms. The van der Waals surface area contributed by atoms with Gasteiger partial charge in [0.05, 0.1) is 11.2 Å². The van der Waals surface area contributed by atoms with Crippen molar-refractivity contribution in [2.24, 2.45) is 11.5 Å². The number of hydrogen-bond donors (Lipinski definition) is 3. The highest BCUT2D eigenvalue weighted by Crippen LogP contribution is 2.34. The molecule has 210 valence electrons. The van der Waals surface area contributed by atoms with Gasteiger partial charge in [-0.25, -0.2) is 9.59 Å². The number of urea groups is 1. The van der Waals surface area contributed by atoms with Crippen molar-refractivity contribution in [3.05, 3.63) is 52.6 Å². The van der Waals surface area contributed by atoms with E-state index in [1.165, 1.54) is 10.1 Å². The van der Waals surface area contributed by atoms with Crippen molar-refractivity contribution in [2.45, 2.75) is 69.6 Å². The minimum atomic E-state index is -0.696. The molecule has 0 spiro atoms. The average molecular weight is 537 g/mol. The number of carbonyl (C=O) groups excluding carboxylic acids is 2. The predicted molar refractivity (Wildman–Crippen MR) is 149 cm³/mol. The summed E-state index contributed by atoms with van der Waals surface area (Å²) in [6, 6.07) is 10.1. The third-order valence-electron chi connectivity index (χ3n) is 8.37. The van der Waals surface area contributed by atoms with E-state index in [0.717, 1.165) is 57.3 Å². The van der Waals surface area contributed by atoms with E-state index in [9.17, 15) is 14.4 Å². The van der Waals surface area contributed by atoms with E-state index < -0.39 is 11.2 Å². The van der Waals surface area contributed by atoms with E-state index in [4.69, 9.17) is 11.5 Å². The summed E-state index contributed by atoms with van der Waals surface area (Å²) in [7, 11) is 0. The molecule has 3 fully saturated rings. The highest BCUT2D eigenvalue weighted by Gasteiger charge is 2.48. The van der Waals surface area contributed by atoms with Gasteiger partial charge in [-0.05, 0) is 68.8 Å². The number of rotatable bonds is 7. The van der Waals surface area contributed by atoms with Gasteiger partial charge in [0.15, 0.2) is 0 Å². The fourth-order valence-electron chi connectivity index (χ4n) is 5.60. The molecule has 39 heavy (non-hydrogen) atoms. The van der Waals surface area contributed by atoms with Crippen LogP contribution in [0.5, 0.6) is 0 Å². The Balaban J connectivity index is 1.15. The fraction of sp³-hybridized carbons (Fsp3) is 0.571. The summed E-state index contributed by atoms with van der Waals surface area (Å²) in [5, 5.41) is 2.71. The Morgan fingerprint density at radius 1 is 1.03 bits per heavy atom. The van der Waals surface area contributed by atoms with Crippen LogP contribution in [0.15, 0.2) is 41.3 Å². The van der Waals surface area contributed by atoms with Gasteiger partial charge in [0.25, 0.3) is 0 Å². The van der Waals surface area contributed by atoms with Gasteiger partial charge in [0.2, 0.25) is 5.91 Å². The van der Waals surface area contributed by atoms with Crippen LogP contribution in [0.3, 0.4) is 0 Å². The monoisotopic (exact) mass is 536 g/mol. The first-order chi connectivity index (χ1) is 18.8. The van der Waals surface area contributed by atoms with Crippen molar-refractivity contribution in [2.75, 3.05) is 38.0 Å². The summed E-state index contributed by atoms with van der Waals surface area (Å²) in [6.45, 7) is 5.74. The molecule has 11 heteroatoms. The van der Waals surface area contributed by atoms with Crippen molar-refractivity contribution in [3.8, 4) is 5.69 Å². The Morgan fingerprint density at radius 3 is 2.26 bits per heavy atom. The molecule has 3 aliphatic rings. The lowest BCUT2D eigenvalue weighted by molar-refractivity contribution is -0.135. The van der Waals surface area contributed by atoms with E-state index >= 15 is 0 Å². The lowest BCUT2D eigenvalue weighted by Gasteiger charge is -2.35. The van der Waals surface area contributed by atoms with Crippen molar-refractivity contribution in [1.82, 2.24) is 24.3 Å². The third-order valence-corrected chi connectivity index (χ3v) is 8.37. The van der Waals surface area contributed by atoms with Crippen LogP contribution in [0.4, 0.5) is 10.6 Å². The average Bonchev–Trinajstić information content (AvgIpc) is 3.71. The van der Waals surface area contributed by atoms with Crippen LogP contribution < -0.4 is 22.5 Å². The lowest BCUT2D eigenvalue weighted by atomic mass is 9.90. The molecule has 11 nitrogen and oxygen atoms in total. The van der Waals surface area contributed by atoms with Gasteiger partial charge in [0, 0.05) is 51.0 Å².